The molecule has 3 fully saturated rings. The summed E-state index contributed by atoms with van der Waals surface area (Å²) in [5.74, 6) is -0.622. The van der Waals surface area contributed by atoms with Crippen LogP contribution in [0.5, 0.6) is 0 Å². The molecule has 2 nitrogen and oxygen atoms in total. The summed E-state index contributed by atoms with van der Waals surface area (Å²) >= 11 is 0. The van der Waals surface area contributed by atoms with Gasteiger partial charge < -0.3 is 9.47 Å². The molecule has 4 heteroatoms. The van der Waals surface area contributed by atoms with Crippen LogP contribution in [0.1, 0.15) is 65.2 Å². The van der Waals surface area contributed by atoms with Crippen molar-refractivity contribution in [1.29, 1.82) is 0 Å². The van der Waals surface area contributed by atoms with E-state index < -0.39 is 21.6 Å². The average molecular weight is 607 g/mol. The summed E-state index contributed by atoms with van der Waals surface area (Å²) in [5, 5.41) is 5.89. The Kier molecular flexibility index (Phi) is 8.34. The van der Waals surface area contributed by atoms with Crippen LogP contribution in [0.25, 0.3) is 0 Å². The lowest BCUT2D eigenvalue weighted by Gasteiger charge is -2.50. The van der Waals surface area contributed by atoms with Crippen molar-refractivity contribution in [3.05, 3.63) is 121 Å². The summed E-state index contributed by atoms with van der Waals surface area (Å²) < 4.78 is 14.7. The van der Waals surface area contributed by atoms with Crippen molar-refractivity contribution in [2.24, 2.45) is 0 Å². The first-order valence-electron chi connectivity index (χ1n) is 16.2. The number of hydrogen-bond donors (Lipinski definition) is 0. The summed E-state index contributed by atoms with van der Waals surface area (Å²) in [5.41, 5.74) is 0. The smallest absolute Gasteiger partial charge is 0.163 e. The molecule has 0 aromatic heterocycles. The van der Waals surface area contributed by atoms with Gasteiger partial charge in [0.05, 0.1) is 12.2 Å². The Hall–Kier alpha value is -2.34. The molecule has 0 amide bonds. The zero-order valence-corrected chi connectivity index (χ0v) is 27.4. The normalized spacial score (nSPS) is 24.1. The standard InChI is InChI=1S/C39H44O2P2/c1-37(2)40-35(38(27-15-16-28-38)42(31-19-7-3-8-20-31)32-21-9-4-10-22-32)36(41-37)39(29-17-18-30-39)43(33-23-11-5-12-24-33)34-25-13-6-14-26-34/h3-14,19-26,35-36H,15-18,27-30H2,1-2H3/t35-,36-/m0/s1. The fourth-order valence-electron chi connectivity index (χ4n) is 8.43. The lowest BCUT2D eigenvalue weighted by Crippen LogP contribution is -2.56. The van der Waals surface area contributed by atoms with E-state index in [1.165, 1.54) is 72.6 Å². The van der Waals surface area contributed by atoms with Gasteiger partial charge in [0.1, 0.15) is 0 Å². The van der Waals surface area contributed by atoms with Gasteiger partial charge in [-0.1, -0.05) is 147 Å². The minimum Gasteiger partial charge on any atom is -0.344 e. The largest absolute Gasteiger partial charge is 0.344 e. The first kappa shape index (κ1) is 29.4. The molecule has 4 aromatic carbocycles. The fraction of sp³-hybridized carbons (Fsp3) is 0.385. The molecule has 2 atom stereocenters. The molecule has 2 saturated carbocycles. The van der Waals surface area contributed by atoms with E-state index in [1.807, 2.05) is 0 Å². The van der Waals surface area contributed by atoms with Crippen LogP contribution in [0.2, 0.25) is 0 Å². The van der Waals surface area contributed by atoms with Gasteiger partial charge in [-0.3, -0.25) is 0 Å². The van der Waals surface area contributed by atoms with Gasteiger partial charge in [-0.2, -0.15) is 0 Å². The van der Waals surface area contributed by atoms with Crippen LogP contribution in [0.3, 0.4) is 0 Å². The molecule has 7 rings (SSSR count). The highest BCUT2D eigenvalue weighted by atomic mass is 31.1. The highest BCUT2D eigenvalue weighted by molar-refractivity contribution is 7.75. The Morgan fingerprint density at radius 2 is 0.698 bits per heavy atom. The van der Waals surface area contributed by atoms with Gasteiger partial charge in [-0.05, 0) is 76.6 Å². The average Bonchev–Trinajstić information content (AvgIpc) is 3.80. The van der Waals surface area contributed by atoms with Crippen LogP contribution in [0.4, 0.5) is 0 Å². The SMILES string of the molecule is CC1(C)O[C@H](C2(P(c3ccccc3)c3ccccc3)CCCC2)[C@@H](C2(P(c3ccccc3)c3ccccc3)CCCC2)O1. The van der Waals surface area contributed by atoms with Crippen LogP contribution >= 0.6 is 15.8 Å². The van der Waals surface area contributed by atoms with Crippen LogP contribution in [-0.2, 0) is 9.47 Å². The van der Waals surface area contributed by atoms with Crippen molar-refractivity contribution >= 4 is 37.1 Å². The third kappa shape index (κ3) is 5.44. The molecule has 1 aliphatic heterocycles. The Morgan fingerprint density at radius 1 is 0.442 bits per heavy atom. The molecule has 1 saturated heterocycles. The van der Waals surface area contributed by atoms with Crippen molar-refractivity contribution in [3.63, 3.8) is 0 Å². The van der Waals surface area contributed by atoms with E-state index in [-0.39, 0.29) is 22.5 Å². The zero-order chi connectivity index (χ0) is 29.3. The molecular weight excluding hydrogens is 562 g/mol. The van der Waals surface area contributed by atoms with Gasteiger partial charge >= 0.3 is 0 Å². The topological polar surface area (TPSA) is 18.5 Å². The monoisotopic (exact) mass is 606 g/mol. The van der Waals surface area contributed by atoms with E-state index in [4.69, 9.17) is 9.47 Å². The van der Waals surface area contributed by atoms with Gasteiger partial charge in [0.2, 0.25) is 0 Å². The number of ether oxygens (including phenoxy) is 2. The van der Waals surface area contributed by atoms with Gasteiger partial charge in [-0.25, -0.2) is 0 Å². The molecule has 222 valence electrons. The maximum Gasteiger partial charge on any atom is 0.163 e. The minimum atomic E-state index is -0.678. The van der Waals surface area contributed by atoms with Gasteiger partial charge in [-0.15, -0.1) is 0 Å². The highest BCUT2D eigenvalue weighted by Crippen LogP contribution is 2.67. The summed E-state index contributed by atoms with van der Waals surface area (Å²) in [4.78, 5) is 0. The molecule has 4 aromatic rings. The predicted octanol–water partition coefficient (Wildman–Crippen LogP) is 8.40. The molecule has 0 unspecified atom stereocenters. The Labute approximate surface area is 260 Å². The lowest BCUT2D eigenvalue weighted by molar-refractivity contribution is -0.151. The number of rotatable bonds is 8. The van der Waals surface area contributed by atoms with Crippen LogP contribution < -0.4 is 21.2 Å². The predicted molar refractivity (Wildman–Crippen MR) is 184 cm³/mol. The van der Waals surface area contributed by atoms with Gasteiger partial charge in [0, 0.05) is 10.3 Å². The highest BCUT2D eigenvalue weighted by Gasteiger charge is 2.64. The number of benzene rings is 4. The molecule has 0 bridgehead atoms. The maximum atomic E-state index is 7.34. The van der Waals surface area contributed by atoms with E-state index in [1.54, 1.807) is 0 Å². The van der Waals surface area contributed by atoms with Crippen molar-refractivity contribution in [3.8, 4) is 0 Å². The van der Waals surface area contributed by atoms with E-state index >= 15 is 0 Å². The second-order valence-corrected chi connectivity index (χ2v) is 18.3. The van der Waals surface area contributed by atoms with Crippen LogP contribution in [-0.4, -0.2) is 28.3 Å². The Balaban J connectivity index is 1.42. The number of hydrogen-bond acceptors (Lipinski definition) is 2. The summed E-state index contributed by atoms with van der Waals surface area (Å²) in [6.45, 7) is 4.35. The van der Waals surface area contributed by atoms with Gasteiger partial charge in [0.25, 0.3) is 0 Å². The van der Waals surface area contributed by atoms with E-state index in [9.17, 15) is 0 Å². The van der Waals surface area contributed by atoms with Crippen LogP contribution in [0.15, 0.2) is 121 Å². The fourth-order valence-corrected chi connectivity index (χ4v) is 15.4. The maximum absolute atomic E-state index is 7.34. The molecule has 0 N–H and O–H groups in total. The van der Waals surface area contributed by atoms with Gasteiger partial charge in [0.15, 0.2) is 5.79 Å². The Morgan fingerprint density at radius 3 is 0.953 bits per heavy atom. The third-order valence-electron chi connectivity index (χ3n) is 10.0. The second-order valence-electron chi connectivity index (χ2n) is 13.1. The third-order valence-corrected chi connectivity index (χ3v) is 16.5. The molecule has 43 heavy (non-hydrogen) atoms. The minimum absolute atomic E-state index is 0.0143. The molecule has 3 aliphatic rings. The van der Waals surface area contributed by atoms with E-state index in [2.05, 4.69) is 135 Å². The molecular formula is C39H44O2P2. The van der Waals surface area contributed by atoms with Crippen molar-refractivity contribution in [2.45, 2.75) is 93.5 Å². The van der Waals surface area contributed by atoms with Crippen LogP contribution in [0, 0.1) is 0 Å². The lowest BCUT2D eigenvalue weighted by atomic mass is 9.86. The van der Waals surface area contributed by atoms with E-state index in [0.29, 0.717) is 0 Å². The quantitative estimate of drug-likeness (QED) is 0.188. The van der Waals surface area contributed by atoms with E-state index in [0.717, 1.165) is 0 Å². The molecule has 1 heterocycles. The van der Waals surface area contributed by atoms with Crippen molar-refractivity contribution in [2.75, 3.05) is 0 Å². The van der Waals surface area contributed by atoms with Crippen molar-refractivity contribution < 1.29 is 9.47 Å². The second kappa shape index (κ2) is 12.2. The first-order chi connectivity index (χ1) is 21.0. The van der Waals surface area contributed by atoms with Crippen molar-refractivity contribution in [1.82, 2.24) is 0 Å². The molecule has 2 aliphatic carbocycles. The molecule has 0 radical (unpaired) electrons. The summed E-state index contributed by atoms with van der Waals surface area (Å²) in [6.07, 6.45) is 9.84. The Bertz CT molecular complexity index is 1270. The molecule has 0 spiro atoms. The zero-order valence-electron chi connectivity index (χ0n) is 25.6. The summed E-state index contributed by atoms with van der Waals surface area (Å²) in [6, 6.07) is 45.5. The summed E-state index contributed by atoms with van der Waals surface area (Å²) in [7, 11) is -1.36. The first-order valence-corrected chi connectivity index (χ1v) is 18.9.